The van der Waals surface area contributed by atoms with Gasteiger partial charge in [-0.25, -0.2) is 4.98 Å². The highest BCUT2D eigenvalue weighted by atomic mass is 16.3. The first-order valence-electron chi connectivity index (χ1n) is 8.46. The van der Waals surface area contributed by atoms with Crippen molar-refractivity contribution in [1.82, 2.24) is 14.9 Å². The number of Topliss-reactive ketones (excluding diaryl/α,β-unsaturated/α-hetero) is 1. The lowest BCUT2D eigenvalue weighted by atomic mass is 9.96. The van der Waals surface area contributed by atoms with Crippen LogP contribution in [0.3, 0.4) is 0 Å². The van der Waals surface area contributed by atoms with E-state index in [2.05, 4.69) is 9.97 Å². The van der Waals surface area contributed by atoms with Crippen LogP contribution in [0.2, 0.25) is 0 Å². The van der Waals surface area contributed by atoms with Crippen molar-refractivity contribution in [3.63, 3.8) is 0 Å². The lowest BCUT2D eigenvalue weighted by molar-refractivity contribution is 0.0701. The second-order valence-electron chi connectivity index (χ2n) is 6.44. The molecule has 1 fully saturated rings. The van der Waals surface area contributed by atoms with Gasteiger partial charge >= 0.3 is 0 Å². The van der Waals surface area contributed by atoms with E-state index >= 15 is 0 Å². The zero-order chi connectivity index (χ0) is 17.4. The van der Waals surface area contributed by atoms with Crippen LogP contribution < -0.4 is 0 Å². The maximum absolute atomic E-state index is 12.6. The van der Waals surface area contributed by atoms with Crippen molar-refractivity contribution in [2.45, 2.75) is 25.7 Å². The van der Waals surface area contributed by atoms with Gasteiger partial charge in [-0.2, -0.15) is 0 Å². The summed E-state index contributed by atoms with van der Waals surface area (Å²) in [5, 5.41) is 0. The minimum atomic E-state index is -0.0662. The molecule has 1 saturated heterocycles. The van der Waals surface area contributed by atoms with E-state index in [1.165, 1.54) is 6.92 Å². The predicted octanol–water partition coefficient (Wildman–Crippen LogP) is 3.38. The standard InChI is InChI=1S/C19H19N3O3/c1-12(23)14-10-16(20-11-14)19(24)22-8-6-13(7-9-22)18-21-15-4-2-3-5-17(15)25-18/h2-5,10-11,13,20H,6-9H2,1H3. The maximum Gasteiger partial charge on any atom is 0.270 e. The highest BCUT2D eigenvalue weighted by Gasteiger charge is 2.28. The van der Waals surface area contributed by atoms with Gasteiger partial charge in [-0.3, -0.25) is 9.59 Å². The van der Waals surface area contributed by atoms with Crippen molar-refractivity contribution in [2.75, 3.05) is 13.1 Å². The molecule has 6 heteroatoms. The summed E-state index contributed by atoms with van der Waals surface area (Å²) in [6.45, 7) is 2.79. The highest BCUT2D eigenvalue weighted by Crippen LogP contribution is 2.30. The Balaban J connectivity index is 1.43. The molecule has 25 heavy (non-hydrogen) atoms. The Bertz CT molecular complexity index is 899. The van der Waals surface area contributed by atoms with E-state index in [9.17, 15) is 9.59 Å². The Morgan fingerprint density at radius 3 is 2.68 bits per heavy atom. The Kier molecular flexibility index (Phi) is 3.87. The van der Waals surface area contributed by atoms with Crippen molar-refractivity contribution in [2.24, 2.45) is 0 Å². The number of oxazole rings is 1. The SMILES string of the molecule is CC(=O)c1c[nH]c(C(=O)N2CCC(c3nc4ccccc4o3)CC2)c1. The smallest absolute Gasteiger partial charge is 0.270 e. The second kappa shape index (κ2) is 6.20. The first kappa shape index (κ1) is 15.6. The number of benzene rings is 1. The number of aromatic amines is 1. The average Bonchev–Trinajstić information content (AvgIpc) is 3.28. The largest absolute Gasteiger partial charge is 0.440 e. The molecule has 0 atom stereocenters. The highest BCUT2D eigenvalue weighted by molar-refractivity contribution is 5.99. The number of likely N-dealkylation sites (tertiary alicyclic amines) is 1. The summed E-state index contributed by atoms with van der Waals surface area (Å²) in [7, 11) is 0. The van der Waals surface area contributed by atoms with Crippen molar-refractivity contribution < 1.29 is 14.0 Å². The van der Waals surface area contributed by atoms with E-state index in [0.29, 0.717) is 24.3 Å². The summed E-state index contributed by atoms with van der Waals surface area (Å²) < 4.78 is 5.86. The van der Waals surface area contributed by atoms with Gasteiger partial charge in [0.05, 0.1) is 0 Å². The van der Waals surface area contributed by atoms with Gasteiger partial charge in [0.15, 0.2) is 17.3 Å². The number of rotatable bonds is 3. The van der Waals surface area contributed by atoms with Crippen LogP contribution in [0.1, 0.15) is 52.4 Å². The number of amides is 1. The number of H-pyrrole nitrogens is 1. The first-order valence-corrected chi connectivity index (χ1v) is 8.46. The molecule has 0 bridgehead atoms. The molecule has 128 valence electrons. The Morgan fingerprint density at radius 1 is 1.24 bits per heavy atom. The number of carbonyl (C=O) groups excluding carboxylic acids is 2. The normalized spacial score (nSPS) is 15.6. The Labute approximate surface area is 144 Å². The van der Waals surface area contributed by atoms with E-state index in [1.807, 2.05) is 29.2 Å². The number of hydrogen-bond donors (Lipinski definition) is 1. The summed E-state index contributed by atoms with van der Waals surface area (Å²) in [4.78, 5) is 33.2. The zero-order valence-electron chi connectivity index (χ0n) is 14.0. The molecule has 2 aromatic heterocycles. The third-order valence-electron chi connectivity index (χ3n) is 4.76. The summed E-state index contributed by atoms with van der Waals surface area (Å²) in [6.07, 6.45) is 3.22. The molecule has 1 N–H and O–H groups in total. The summed E-state index contributed by atoms with van der Waals surface area (Å²) >= 11 is 0. The molecule has 1 amide bonds. The monoisotopic (exact) mass is 337 g/mol. The average molecular weight is 337 g/mol. The fraction of sp³-hybridized carbons (Fsp3) is 0.316. The van der Waals surface area contributed by atoms with Crippen molar-refractivity contribution >= 4 is 22.8 Å². The quantitative estimate of drug-likeness (QED) is 0.743. The number of aromatic nitrogens is 2. The number of ketones is 1. The van der Waals surface area contributed by atoms with Gasteiger partial charge in [0.2, 0.25) is 0 Å². The van der Waals surface area contributed by atoms with E-state index in [-0.39, 0.29) is 17.6 Å². The number of nitrogens with one attached hydrogen (secondary N) is 1. The molecule has 1 aliphatic heterocycles. The van der Waals surface area contributed by atoms with Crippen LogP contribution in [0.4, 0.5) is 0 Å². The second-order valence-corrected chi connectivity index (χ2v) is 6.44. The molecule has 4 rings (SSSR count). The Hall–Kier alpha value is -2.89. The van der Waals surface area contributed by atoms with Gasteiger partial charge in [-0.15, -0.1) is 0 Å². The Morgan fingerprint density at radius 2 is 2.00 bits per heavy atom. The number of hydrogen-bond acceptors (Lipinski definition) is 4. The van der Waals surface area contributed by atoms with Crippen LogP contribution in [0.25, 0.3) is 11.1 Å². The lowest BCUT2D eigenvalue weighted by Gasteiger charge is -2.30. The number of para-hydroxylation sites is 2. The lowest BCUT2D eigenvalue weighted by Crippen LogP contribution is -2.38. The van der Waals surface area contributed by atoms with Gasteiger partial charge in [0.1, 0.15) is 11.2 Å². The molecule has 0 saturated carbocycles. The van der Waals surface area contributed by atoms with E-state index in [0.717, 1.165) is 29.8 Å². The van der Waals surface area contributed by atoms with E-state index in [4.69, 9.17) is 4.42 Å². The van der Waals surface area contributed by atoms with Crippen LogP contribution in [0.5, 0.6) is 0 Å². The van der Waals surface area contributed by atoms with Crippen molar-refractivity contribution in [3.8, 4) is 0 Å². The molecule has 0 aliphatic carbocycles. The minimum Gasteiger partial charge on any atom is -0.440 e. The number of carbonyl (C=O) groups is 2. The predicted molar refractivity (Wildman–Crippen MR) is 92.7 cm³/mol. The van der Waals surface area contributed by atoms with Crippen LogP contribution in [-0.4, -0.2) is 39.6 Å². The van der Waals surface area contributed by atoms with Gasteiger partial charge in [-0.05, 0) is 38.0 Å². The van der Waals surface area contributed by atoms with Crippen molar-refractivity contribution in [1.29, 1.82) is 0 Å². The molecule has 3 heterocycles. The molecule has 0 unspecified atom stereocenters. The number of nitrogens with zero attached hydrogens (tertiary/aromatic N) is 2. The molecular weight excluding hydrogens is 318 g/mol. The molecule has 0 spiro atoms. The molecule has 1 aromatic carbocycles. The van der Waals surface area contributed by atoms with E-state index in [1.54, 1.807) is 12.3 Å². The molecule has 3 aromatic rings. The van der Waals surface area contributed by atoms with Crippen LogP contribution >= 0.6 is 0 Å². The number of fused-ring (bicyclic) bond motifs is 1. The summed E-state index contributed by atoms with van der Waals surface area (Å²) in [6, 6.07) is 9.37. The molecule has 1 aliphatic rings. The topological polar surface area (TPSA) is 79.2 Å². The summed E-state index contributed by atoms with van der Waals surface area (Å²) in [5.74, 6) is 0.869. The van der Waals surface area contributed by atoms with E-state index < -0.39 is 0 Å². The maximum atomic E-state index is 12.6. The van der Waals surface area contributed by atoms with Gasteiger partial charge in [0, 0.05) is 30.8 Å². The molecule has 0 radical (unpaired) electrons. The van der Waals surface area contributed by atoms with Crippen LogP contribution in [0.15, 0.2) is 40.9 Å². The minimum absolute atomic E-state index is 0.0510. The first-order chi connectivity index (χ1) is 12.1. The van der Waals surface area contributed by atoms with Crippen LogP contribution in [-0.2, 0) is 0 Å². The van der Waals surface area contributed by atoms with Crippen molar-refractivity contribution in [3.05, 3.63) is 53.7 Å². The summed E-state index contributed by atoms with van der Waals surface area (Å²) in [5.41, 5.74) is 2.67. The zero-order valence-corrected chi connectivity index (χ0v) is 14.0. The van der Waals surface area contributed by atoms with Crippen LogP contribution in [0, 0.1) is 0 Å². The number of piperidine rings is 1. The third kappa shape index (κ3) is 2.95. The van der Waals surface area contributed by atoms with Gasteiger partial charge < -0.3 is 14.3 Å². The fourth-order valence-corrected chi connectivity index (χ4v) is 3.29. The van der Waals surface area contributed by atoms with Gasteiger partial charge in [-0.1, -0.05) is 12.1 Å². The molecule has 6 nitrogen and oxygen atoms in total. The van der Waals surface area contributed by atoms with Gasteiger partial charge in [0.25, 0.3) is 5.91 Å². The third-order valence-corrected chi connectivity index (χ3v) is 4.76. The fourth-order valence-electron chi connectivity index (χ4n) is 3.29. The molecular formula is C19H19N3O3.